The number of methoxy groups -OCH3 is 1. The average molecular weight is 468 g/mol. The van der Waals surface area contributed by atoms with Crippen molar-refractivity contribution in [3.63, 3.8) is 0 Å². The van der Waals surface area contributed by atoms with Crippen LogP contribution in [-0.2, 0) is 19.6 Å². The summed E-state index contributed by atoms with van der Waals surface area (Å²) in [5.74, 6) is -3.71. The minimum atomic E-state index is -3.69. The second-order valence-electron chi connectivity index (χ2n) is 6.49. The Morgan fingerprint density at radius 1 is 0.938 bits per heavy atom. The molecule has 0 spiro atoms. The number of halogens is 1. The second-order valence-corrected chi connectivity index (χ2v) is 8.43. The molecule has 2 aromatic carbocycles. The van der Waals surface area contributed by atoms with Crippen LogP contribution in [0.1, 0.15) is 10.4 Å². The Balaban J connectivity index is 0.000000534. The van der Waals surface area contributed by atoms with Gasteiger partial charge in [-0.05, 0) is 42.5 Å². The number of hydrogen-bond acceptors (Lipinski definition) is 6. The number of carbonyl (C=O) groups excluding carboxylic acids is 1. The lowest BCUT2D eigenvalue weighted by Crippen LogP contribution is -2.50. The summed E-state index contributed by atoms with van der Waals surface area (Å²) >= 11 is 0. The Kier molecular flexibility index (Phi) is 8.27. The number of aliphatic carboxylic acids is 2. The largest absolute Gasteiger partial charge is 0.497 e. The lowest BCUT2D eigenvalue weighted by molar-refractivity contribution is -0.159. The standard InChI is InChI=1S/C18H19FN2O4S.C2H2O4/c1-25-16-4-2-3-14(13-16)18(22)20-9-11-21(12-10-20)26(23,24)17-7-5-15(19)6-8-17;3-1(4)2(5)6/h2-8,13H,9-12H2,1H3;(H,3,4)(H,5,6). The topological polar surface area (TPSA) is 142 Å². The molecule has 172 valence electrons. The number of carboxylic acid groups (broad SMARTS) is 2. The smallest absolute Gasteiger partial charge is 0.414 e. The van der Waals surface area contributed by atoms with E-state index in [0.717, 1.165) is 12.1 Å². The van der Waals surface area contributed by atoms with E-state index in [4.69, 9.17) is 24.5 Å². The van der Waals surface area contributed by atoms with Crippen molar-refractivity contribution in [2.45, 2.75) is 4.90 Å². The van der Waals surface area contributed by atoms with Gasteiger partial charge >= 0.3 is 11.9 Å². The Morgan fingerprint density at radius 3 is 2.00 bits per heavy atom. The molecule has 32 heavy (non-hydrogen) atoms. The van der Waals surface area contributed by atoms with Crippen molar-refractivity contribution in [1.82, 2.24) is 9.21 Å². The van der Waals surface area contributed by atoms with Crippen LogP contribution in [0.2, 0.25) is 0 Å². The number of carboxylic acids is 2. The zero-order valence-corrected chi connectivity index (χ0v) is 17.8. The first-order valence-corrected chi connectivity index (χ1v) is 10.7. The van der Waals surface area contributed by atoms with Gasteiger partial charge in [-0.15, -0.1) is 0 Å². The highest BCUT2D eigenvalue weighted by molar-refractivity contribution is 7.89. The summed E-state index contributed by atoms with van der Waals surface area (Å²) in [6.07, 6.45) is 0. The Morgan fingerprint density at radius 2 is 1.50 bits per heavy atom. The third-order valence-electron chi connectivity index (χ3n) is 4.48. The Bertz CT molecular complexity index is 1070. The Labute approximate surface area is 183 Å². The number of ether oxygens (including phenoxy) is 1. The van der Waals surface area contributed by atoms with E-state index in [1.165, 1.54) is 23.5 Å². The highest BCUT2D eigenvalue weighted by Crippen LogP contribution is 2.20. The minimum absolute atomic E-state index is 0.0477. The Hall–Kier alpha value is -3.51. The van der Waals surface area contributed by atoms with Crippen LogP contribution in [-0.4, -0.2) is 79.0 Å². The van der Waals surface area contributed by atoms with Crippen molar-refractivity contribution < 1.29 is 42.1 Å². The molecule has 0 aliphatic carbocycles. The van der Waals surface area contributed by atoms with Crippen molar-refractivity contribution in [3.05, 3.63) is 59.9 Å². The van der Waals surface area contributed by atoms with E-state index in [2.05, 4.69) is 0 Å². The average Bonchev–Trinajstić information content (AvgIpc) is 2.79. The zero-order chi connectivity index (χ0) is 23.9. The van der Waals surface area contributed by atoms with Gasteiger partial charge in [0.05, 0.1) is 12.0 Å². The maximum absolute atomic E-state index is 13.0. The maximum atomic E-state index is 13.0. The molecular formula is C20H21FN2O8S. The molecule has 2 N–H and O–H groups in total. The number of benzene rings is 2. The summed E-state index contributed by atoms with van der Waals surface area (Å²) in [7, 11) is -2.16. The normalized spacial score (nSPS) is 14.1. The summed E-state index contributed by atoms with van der Waals surface area (Å²) in [6, 6.07) is 11.6. The quantitative estimate of drug-likeness (QED) is 0.637. The molecule has 3 rings (SSSR count). The monoisotopic (exact) mass is 468 g/mol. The number of nitrogens with zero attached hydrogens (tertiary/aromatic N) is 2. The van der Waals surface area contributed by atoms with E-state index < -0.39 is 27.8 Å². The van der Waals surface area contributed by atoms with Gasteiger partial charge in [0.25, 0.3) is 5.91 Å². The van der Waals surface area contributed by atoms with E-state index in [0.29, 0.717) is 11.3 Å². The van der Waals surface area contributed by atoms with Gasteiger partial charge in [-0.25, -0.2) is 22.4 Å². The van der Waals surface area contributed by atoms with E-state index in [1.54, 1.807) is 29.2 Å². The van der Waals surface area contributed by atoms with E-state index >= 15 is 0 Å². The lowest BCUT2D eigenvalue weighted by atomic mass is 10.1. The first-order chi connectivity index (χ1) is 15.1. The van der Waals surface area contributed by atoms with Gasteiger partial charge in [-0.3, -0.25) is 4.79 Å². The van der Waals surface area contributed by atoms with Crippen LogP contribution in [0.5, 0.6) is 5.75 Å². The van der Waals surface area contributed by atoms with Gasteiger partial charge in [-0.2, -0.15) is 4.31 Å². The summed E-state index contributed by atoms with van der Waals surface area (Å²) in [5.41, 5.74) is 0.499. The van der Waals surface area contributed by atoms with Crippen LogP contribution in [0.4, 0.5) is 4.39 Å². The third kappa shape index (κ3) is 6.25. The van der Waals surface area contributed by atoms with Gasteiger partial charge in [-0.1, -0.05) is 6.07 Å². The maximum Gasteiger partial charge on any atom is 0.414 e. The molecule has 2 aromatic rings. The van der Waals surface area contributed by atoms with E-state index in [-0.39, 0.29) is 37.0 Å². The number of amides is 1. The first-order valence-electron chi connectivity index (χ1n) is 9.21. The molecule has 0 aromatic heterocycles. The van der Waals surface area contributed by atoms with E-state index in [9.17, 15) is 17.6 Å². The molecule has 12 heteroatoms. The predicted molar refractivity (Wildman–Crippen MR) is 109 cm³/mol. The van der Waals surface area contributed by atoms with Gasteiger partial charge in [0.15, 0.2) is 0 Å². The zero-order valence-electron chi connectivity index (χ0n) is 17.0. The molecule has 0 bridgehead atoms. The van der Waals surface area contributed by atoms with Crippen LogP contribution < -0.4 is 4.74 Å². The predicted octanol–water partition coefficient (Wildman–Crippen LogP) is 1.14. The van der Waals surface area contributed by atoms with Gasteiger partial charge in [0.2, 0.25) is 10.0 Å². The van der Waals surface area contributed by atoms with Crippen molar-refractivity contribution in [2.24, 2.45) is 0 Å². The molecule has 10 nitrogen and oxygen atoms in total. The van der Waals surface area contributed by atoms with Crippen LogP contribution in [0, 0.1) is 5.82 Å². The molecule has 1 aliphatic rings. The van der Waals surface area contributed by atoms with Crippen molar-refractivity contribution in [2.75, 3.05) is 33.3 Å². The van der Waals surface area contributed by atoms with Crippen LogP contribution >= 0.6 is 0 Å². The number of piperazine rings is 1. The van der Waals surface area contributed by atoms with Crippen LogP contribution in [0.15, 0.2) is 53.4 Å². The number of carbonyl (C=O) groups is 3. The lowest BCUT2D eigenvalue weighted by Gasteiger charge is -2.34. The van der Waals surface area contributed by atoms with Gasteiger partial charge in [0.1, 0.15) is 11.6 Å². The molecule has 1 saturated heterocycles. The molecule has 1 fully saturated rings. The van der Waals surface area contributed by atoms with Crippen molar-refractivity contribution in [1.29, 1.82) is 0 Å². The highest BCUT2D eigenvalue weighted by Gasteiger charge is 2.30. The summed E-state index contributed by atoms with van der Waals surface area (Å²) < 4.78 is 44.7. The minimum Gasteiger partial charge on any atom is -0.497 e. The van der Waals surface area contributed by atoms with Crippen molar-refractivity contribution >= 4 is 27.9 Å². The molecule has 0 radical (unpaired) electrons. The number of hydrogen-bond donors (Lipinski definition) is 2. The van der Waals surface area contributed by atoms with Crippen LogP contribution in [0.25, 0.3) is 0 Å². The van der Waals surface area contributed by atoms with Gasteiger partial charge in [0, 0.05) is 31.7 Å². The summed E-state index contributed by atoms with van der Waals surface area (Å²) in [6.45, 7) is 0.956. The molecule has 0 unspecified atom stereocenters. The van der Waals surface area contributed by atoms with E-state index in [1.807, 2.05) is 0 Å². The molecule has 1 amide bonds. The first kappa shape index (κ1) is 24.8. The highest BCUT2D eigenvalue weighted by atomic mass is 32.2. The molecular weight excluding hydrogens is 447 g/mol. The fraction of sp³-hybridized carbons (Fsp3) is 0.250. The SMILES string of the molecule is COc1cccc(C(=O)N2CCN(S(=O)(=O)c3ccc(F)cc3)CC2)c1.O=C(O)C(=O)O. The molecule has 1 heterocycles. The summed E-state index contributed by atoms with van der Waals surface area (Å²) in [5, 5.41) is 14.8. The fourth-order valence-electron chi connectivity index (χ4n) is 2.83. The number of sulfonamides is 1. The van der Waals surface area contributed by atoms with Crippen LogP contribution in [0.3, 0.4) is 0 Å². The third-order valence-corrected chi connectivity index (χ3v) is 6.39. The molecule has 0 atom stereocenters. The molecule has 1 aliphatic heterocycles. The molecule has 0 saturated carbocycles. The van der Waals surface area contributed by atoms with Gasteiger partial charge < -0.3 is 19.8 Å². The number of rotatable bonds is 4. The summed E-state index contributed by atoms with van der Waals surface area (Å²) in [4.78, 5) is 32.5. The van der Waals surface area contributed by atoms with Crippen molar-refractivity contribution in [3.8, 4) is 5.75 Å². The fourth-order valence-corrected chi connectivity index (χ4v) is 4.25. The second kappa shape index (κ2) is 10.7.